The Balaban J connectivity index is 3.00. The Morgan fingerprint density at radius 3 is 2.00 bits per heavy atom. The van der Waals surface area contributed by atoms with Crippen molar-refractivity contribution in [1.82, 2.24) is 0 Å². The van der Waals surface area contributed by atoms with Crippen LogP contribution in [0.5, 0.6) is 0 Å². The summed E-state index contributed by atoms with van der Waals surface area (Å²) in [6.45, 7) is 0. The normalized spacial score (nSPS) is 23.3. The Morgan fingerprint density at radius 2 is 1.68 bits per heavy atom. The first kappa shape index (κ1) is 16.0. The molecule has 4 nitrogen and oxygen atoms in total. The lowest BCUT2D eigenvalue weighted by Crippen LogP contribution is -2.58. The molecule has 11 heteroatoms. The van der Waals surface area contributed by atoms with Crippen molar-refractivity contribution in [3.63, 3.8) is 0 Å². The molecule has 0 N–H and O–H groups in total. The van der Waals surface area contributed by atoms with Gasteiger partial charge in [-0.05, 0) is 18.0 Å². The molecule has 0 bridgehead atoms. The maximum absolute atomic E-state index is 12.4. The van der Waals surface area contributed by atoms with Crippen molar-refractivity contribution in [2.75, 3.05) is 0 Å². The van der Waals surface area contributed by atoms with Gasteiger partial charge in [0.1, 0.15) is 0 Å². The average molecular weight is 315 g/mol. The Kier molecular flexibility index (Phi) is 4.06. The van der Waals surface area contributed by atoms with Gasteiger partial charge in [0.15, 0.2) is 6.10 Å². The van der Waals surface area contributed by atoms with Gasteiger partial charge in [-0.2, -0.15) is 26.3 Å². The average Bonchev–Trinajstić information content (AvgIpc) is 2.52. The summed E-state index contributed by atoms with van der Waals surface area (Å²) < 4.78 is 81.7. The van der Waals surface area contributed by atoms with E-state index in [4.69, 9.17) is 11.6 Å². The van der Waals surface area contributed by atoms with Gasteiger partial charge >= 0.3 is 24.1 Å². The molecule has 1 atom stereocenters. The fourth-order valence-electron chi connectivity index (χ4n) is 1.31. The SMILES string of the molecule is O=C(Cl)CC[C@@H]1OC(C(F)(F)F)(C(F)(F)F)OC1=O. The van der Waals surface area contributed by atoms with Gasteiger partial charge < -0.3 is 9.47 Å². The summed E-state index contributed by atoms with van der Waals surface area (Å²) in [6.07, 6.45) is -15.5. The van der Waals surface area contributed by atoms with Crippen molar-refractivity contribution in [2.24, 2.45) is 0 Å². The molecule has 0 aromatic carbocycles. The van der Waals surface area contributed by atoms with Crippen LogP contribution >= 0.6 is 11.6 Å². The van der Waals surface area contributed by atoms with Crippen LogP contribution in [-0.4, -0.2) is 35.5 Å². The van der Waals surface area contributed by atoms with Gasteiger partial charge in [-0.15, -0.1) is 0 Å². The highest BCUT2D eigenvalue weighted by Crippen LogP contribution is 2.50. The lowest BCUT2D eigenvalue weighted by atomic mass is 10.2. The van der Waals surface area contributed by atoms with Gasteiger partial charge in [-0.25, -0.2) is 4.79 Å². The van der Waals surface area contributed by atoms with Crippen molar-refractivity contribution in [3.8, 4) is 0 Å². The largest absolute Gasteiger partial charge is 0.465 e. The first-order chi connectivity index (χ1) is 8.41. The molecule has 1 aliphatic heterocycles. The standard InChI is InChI=1S/C8H5ClF6O4/c9-4(16)2-1-3-5(17)19-6(18-3,7(10,11)12)8(13,14)15/h3H,1-2H2/t3-/m0/s1. The van der Waals surface area contributed by atoms with Gasteiger partial charge in [0.2, 0.25) is 5.24 Å². The number of carbonyl (C=O) groups excluding carboxylic acids is 2. The molecule has 19 heavy (non-hydrogen) atoms. The highest BCUT2D eigenvalue weighted by Gasteiger charge is 2.80. The van der Waals surface area contributed by atoms with Crippen LogP contribution in [0.1, 0.15) is 12.8 Å². The Labute approximate surface area is 106 Å². The molecule has 0 aromatic rings. The third-order valence-corrected chi connectivity index (χ3v) is 2.35. The molecular formula is C8H5ClF6O4. The first-order valence-corrected chi connectivity index (χ1v) is 5.01. The van der Waals surface area contributed by atoms with Crippen molar-refractivity contribution >= 4 is 22.8 Å². The molecule has 0 radical (unpaired) electrons. The van der Waals surface area contributed by atoms with E-state index in [0.717, 1.165) is 0 Å². The van der Waals surface area contributed by atoms with Crippen molar-refractivity contribution in [1.29, 1.82) is 0 Å². The van der Waals surface area contributed by atoms with Crippen LogP contribution in [0.2, 0.25) is 0 Å². The van der Waals surface area contributed by atoms with Crippen molar-refractivity contribution in [2.45, 2.75) is 37.1 Å². The maximum atomic E-state index is 12.4. The molecule has 0 saturated carbocycles. The van der Waals surface area contributed by atoms with E-state index < -0.39 is 48.3 Å². The minimum absolute atomic E-state index is 0.632. The molecule has 0 aromatic heterocycles. The van der Waals surface area contributed by atoms with Crippen LogP contribution in [0.4, 0.5) is 26.3 Å². The minimum Gasteiger partial charge on any atom is -0.414 e. The molecule has 0 amide bonds. The van der Waals surface area contributed by atoms with Crippen LogP contribution in [0.3, 0.4) is 0 Å². The molecule has 1 rings (SSSR count). The minimum atomic E-state index is -6.00. The van der Waals surface area contributed by atoms with E-state index in [1.54, 1.807) is 0 Å². The number of hydrogen-bond acceptors (Lipinski definition) is 4. The highest BCUT2D eigenvalue weighted by molar-refractivity contribution is 6.63. The molecule has 0 spiro atoms. The zero-order valence-electron chi connectivity index (χ0n) is 8.77. The zero-order chi connectivity index (χ0) is 15.1. The smallest absolute Gasteiger partial charge is 0.414 e. The number of ether oxygens (including phenoxy) is 2. The summed E-state index contributed by atoms with van der Waals surface area (Å²) >= 11 is 4.86. The van der Waals surface area contributed by atoms with Crippen LogP contribution in [-0.2, 0) is 19.1 Å². The lowest BCUT2D eigenvalue weighted by molar-refractivity contribution is -0.439. The van der Waals surface area contributed by atoms with E-state index in [2.05, 4.69) is 9.47 Å². The Morgan fingerprint density at radius 1 is 1.21 bits per heavy atom. The van der Waals surface area contributed by atoms with Crippen LogP contribution < -0.4 is 0 Å². The number of carbonyl (C=O) groups is 2. The van der Waals surface area contributed by atoms with E-state index in [1.807, 2.05) is 0 Å². The summed E-state index contributed by atoms with van der Waals surface area (Å²) in [5.74, 6) is -6.86. The van der Waals surface area contributed by atoms with E-state index in [1.165, 1.54) is 0 Å². The summed E-state index contributed by atoms with van der Waals surface area (Å²) in [7, 11) is 0. The van der Waals surface area contributed by atoms with Crippen LogP contribution in [0.15, 0.2) is 0 Å². The summed E-state index contributed by atoms with van der Waals surface area (Å²) in [5, 5.41) is -1.03. The fourth-order valence-corrected chi connectivity index (χ4v) is 1.42. The highest BCUT2D eigenvalue weighted by atomic mass is 35.5. The molecule has 1 saturated heterocycles. The van der Waals surface area contributed by atoms with Crippen LogP contribution in [0, 0.1) is 0 Å². The summed E-state index contributed by atoms with van der Waals surface area (Å²) in [5.41, 5.74) is 0. The van der Waals surface area contributed by atoms with Gasteiger partial charge in [0.05, 0.1) is 0 Å². The van der Waals surface area contributed by atoms with E-state index in [9.17, 15) is 35.9 Å². The number of cyclic esters (lactones) is 1. The van der Waals surface area contributed by atoms with Crippen molar-refractivity contribution < 1.29 is 45.4 Å². The second-order valence-corrected chi connectivity index (χ2v) is 3.96. The second kappa shape index (κ2) is 4.82. The fraction of sp³-hybridized carbons (Fsp3) is 0.750. The van der Waals surface area contributed by atoms with Crippen molar-refractivity contribution in [3.05, 3.63) is 0 Å². The third-order valence-electron chi connectivity index (χ3n) is 2.16. The third kappa shape index (κ3) is 2.94. The summed E-state index contributed by atoms with van der Waals surface area (Å²) in [4.78, 5) is 21.4. The number of alkyl halides is 6. The molecule has 110 valence electrons. The molecule has 1 aliphatic rings. The predicted molar refractivity (Wildman–Crippen MR) is 45.9 cm³/mol. The quantitative estimate of drug-likeness (QED) is 0.456. The van der Waals surface area contributed by atoms with E-state index in [0.29, 0.717) is 0 Å². The number of hydrogen-bond donors (Lipinski definition) is 0. The molecule has 0 unspecified atom stereocenters. The second-order valence-electron chi connectivity index (χ2n) is 3.53. The number of halogens is 7. The lowest BCUT2D eigenvalue weighted by Gasteiger charge is -2.30. The zero-order valence-corrected chi connectivity index (χ0v) is 9.53. The molecule has 0 aliphatic carbocycles. The van der Waals surface area contributed by atoms with Crippen LogP contribution in [0.25, 0.3) is 0 Å². The van der Waals surface area contributed by atoms with Gasteiger partial charge in [0, 0.05) is 6.42 Å². The first-order valence-electron chi connectivity index (χ1n) is 4.63. The van der Waals surface area contributed by atoms with Gasteiger partial charge in [-0.1, -0.05) is 0 Å². The van der Waals surface area contributed by atoms with E-state index in [-0.39, 0.29) is 0 Å². The Bertz CT molecular complexity index is 376. The monoisotopic (exact) mass is 314 g/mol. The predicted octanol–water partition coefficient (Wildman–Crippen LogP) is 2.29. The maximum Gasteiger partial charge on any atom is 0.465 e. The number of rotatable bonds is 3. The van der Waals surface area contributed by atoms with Gasteiger partial charge in [0.25, 0.3) is 0 Å². The van der Waals surface area contributed by atoms with E-state index >= 15 is 0 Å². The topological polar surface area (TPSA) is 52.6 Å². The molecule has 1 fully saturated rings. The Hall–Kier alpha value is -1.03. The molecular weight excluding hydrogens is 310 g/mol. The number of esters is 1. The van der Waals surface area contributed by atoms with Gasteiger partial charge in [-0.3, -0.25) is 4.79 Å². The summed E-state index contributed by atoms with van der Waals surface area (Å²) in [6, 6.07) is 0. The molecule has 1 heterocycles.